The van der Waals surface area contributed by atoms with E-state index in [1.54, 1.807) is 12.5 Å². The lowest BCUT2D eigenvalue weighted by Gasteiger charge is -2.24. The first-order valence-corrected chi connectivity index (χ1v) is 6.37. The predicted octanol–water partition coefficient (Wildman–Crippen LogP) is 2.11. The molecule has 2 heterocycles. The Bertz CT molecular complexity index is 548. The Morgan fingerprint density at radius 1 is 1.44 bits per heavy atom. The zero-order valence-corrected chi connectivity index (χ0v) is 10.5. The number of furan rings is 1. The fourth-order valence-corrected chi connectivity index (χ4v) is 2.58. The van der Waals surface area contributed by atoms with Gasteiger partial charge in [0.1, 0.15) is 6.26 Å². The molecule has 0 radical (unpaired) electrons. The zero-order valence-electron chi connectivity index (χ0n) is 10.5. The second kappa shape index (κ2) is 4.53. The molecular formula is C14H17N3O. The lowest BCUT2D eigenvalue weighted by molar-refractivity contribution is 0.460. The molecule has 2 aromatic rings. The Hall–Kier alpha value is -1.68. The maximum atomic E-state index is 5.76. The molecule has 0 spiro atoms. The monoisotopic (exact) mass is 243 g/mol. The van der Waals surface area contributed by atoms with E-state index < -0.39 is 0 Å². The van der Waals surface area contributed by atoms with Crippen molar-refractivity contribution in [3.8, 4) is 11.4 Å². The summed E-state index contributed by atoms with van der Waals surface area (Å²) in [4.78, 5) is 9.26. The smallest absolute Gasteiger partial charge is 0.162 e. The minimum absolute atomic E-state index is 0.583. The molecule has 1 aliphatic carbocycles. The van der Waals surface area contributed by atoms with E-state index in [1.807, 2.05) is 6.07 Å². The second-order valence-corrected chi connectivity index (χ2v) is 4.91. The molecule has 0 saturated carbocycles. The van der Waals surface area contributed by atoms with Gasteiger partial charge < -0.3 is 10.2 Å². The molecule has 2 N–H and O–H groups in total. The van der Waals surface area contributed by atoms with E-state index >= 15 is 0 Å². The van der Waals surface area contributed by atoms with Crippen LogP contribution in [0.15, 0.2) is 23.0 Å². The maximum Gasteiger partial charge on any atom is 0.162 e. The van der Waals surface area contributed by atoms with E-state index in [4.69, 9.17) is 10.2 Å². The molecule has 0 aromatic carbocycles. The van der Waals surface area contributed by atoms with Gasteiger partial charge in [0.15, 0.2) is 5.82 Å². The van der Waals surface area contributed by atoms with Crippen molar-refractivity contribution in [3.63, 3.8) is 0 Å². The van der Waals surface area contributed by atoms with Gasteiger partial charge in [0.2, 0.25) is 0 Å². The molecule has 2 aromatic heterocycles. The number of rotatable bonds is 2. The van der Waals surface area contributed by atoms with Crippen molar-refractivity contribution in [2.24, 2.45) is 11.7 Å². The molecule has 18 heavy (non-hydrogen) atoms. The summed E-state index contributed by atoms with van der Waals surface area (Å²) in [6.07, 6.45) is 6.49. The van der Waals surface area contributed by atoms with E-state index in [-0.39, 0.29) is 0 Å². The highest BCUT2D eigenvalue weighted by Gasteiger charge is 2.22. The van der Waals surface area contributed by atoms with Crippen LogP contribution < -0.4 is 5.73 Å². The first-order chi connectivity index (χ1) is 8.78. The Kier molecular flexibility index (Phi) is 2.88. The van der Waals surface area contributed by atoms with Crippen LogP contribution in [0.1, 0.15) is 23.4 Å². The van der Waals surface area contributed by atoms with Crippen molar-refractivity contribution in [1.29, 1.82) is 0 Å². The lowest BCUT2D eigenvalue weighted by atomic mass is 9.86. The summed E-state index contributed by atoms with van der Waals surface area (Å²) < 4.78 is 5.09. The first-order valence-electron chi connectivity index (χ1n) is 6.37. The summed E-state index contributed by atoms with van der Waals surface area (Å²) in [6, 6.07) is 1.90. The van der Waals surface area contributed by atoms with E-state index in [9.17, 15) is 0 Å². The van der Waals surface area contributed by atoms with Crippen molar-refractivity contribution >= 4 is 0 Å². The molecule has 94 valence electrons. The van der Waals surface area contributed by atoms with Crippen LogP contribution in [-0.2, 0) is 12.8 Å². The summed E-state index contributed by atoms with van der Waals surface area (Å²) in [5, 5.41) is 0. The summed E-state index contributed by atoms with van der Waals surface area (Å²) >= 11 is 0. The van der Waals surface area contributed by atoms with Crippen molar-refractivity contribution in [3.05, 3.63) is 35.5 Å². The number of hydrogen-bond donors (Lipinski definition) is 1. The van der Waals surface area contributed by atoms with Gasteiger partial charge in [-0.2, -0.15) is 0 Å². The van der Waals surface area contributed by atoms with E-state index in [1.165, 1.54) is 11.3 Å². The van der Waals surface area contributed by atoms with Gasteiger partial charge in [-0.1, -0.05) is 0 Å². The second-order valence-electron chi connectivity index (χ2n) is 4.91. The fourth-order valence-electron chi connectivity index (χ4n) is 2.58. The van der Waals surface area contributed by atoms with E-state index in [0.717, 1.165) is 42.9 Å². The van der Waals surface area contributed by atoms with Gasteiger partial charge in [0.25, 0.3) is 0 Å². The van der Waals surface area contributed by atoms with Crippen LogP contribution in [-0.4, -0.2) is 16.5 Å². The highest BCUT2D eigenvalue weighted by Crippen LogP contribution is 2.27. The van der Waals surface area contributed by atoms with Crippen molar-refractivity contribution in [2.75, 3.05) is 6.54 Å². The lowest BCUT2D eigenvalue weighted by Crippen LogP contribution is -2.24. The normalized spacial score (nSPS) is 18.7. The zero-order chi connectivity index (χ0) is 12.5. The highest BCUT2D eigenvalue weighted by molar-refractivity contribution is 5.54. The van der Waals surface area contributed by atoms with Crippen LogP contribution in [0.2, 0.25) is 0 Å². The average Bonchev–Trinajstić information content (AvgIpc) is 2.92. The highest BCUT2D eigenvalue weighted by atomic mass is 16.3. The SMILES string of the molecule is Cc1nc(-c2ccoc2)nc2c1CC(CN)CC2. The average molecular weight is 243 g/mol. The van der Waals surface area contributed by atoms with Crippen LogP contribution in [0.5, 0.6) is 0 Å². The molecule has 0 amide bonds. The molecule has 0 fully saturated rings. The van der Waals surface area contributed by atoms with Gasteiger partial charge >= 0.3 is 0 Å². The molecular weight excluding hydrogens is 226 g/mol. The van der Waals surface area contributed by atoms with E-state index in [0.29, 0.717) is 5.92 Å². The minimum Gasteiger partial charge on any atom is -0.472 e. The summed E-state index contributed by atoms with van der Waals surface area (Å²) in [5.41, 5.74) is 10.3. The number of aromatic nitrogens is 2. The Morgan fingerprint density at radius 3 is 3.06 bits per heavy atom. The minimum atomic E-state index is 0.583. The van der Waals surface area contributed by atoms with Gasteiger partial charge in [-0.05, 0) is 50.3 Å². The van der Waals surface area contributed by atoms with Crippen molar-refractivity contribution < 1.29 is 4.42 Å². The number of aryl methyl sites for hydroxylation is 2. The molecule has 4 heteroatoms. The topological polar surface area (TPSA) is 64.9 Å². The predicted molar refractivity (Wildman–Crippen MR) is 69.0 cm³/mol. The molecule has 0 bridgehead atoms. The van der Waals surface area contributed by atoms with Gasteiger partial charge in [-0.3, -0.25) is 0 Å². The Balaban J connectivity index is 2.01. The van der Waals surface area contributed by atoms with Gasteiger partial charge in [0.05, 0.1) is 11.8 Å². The van der Waals surface area contributed by atoms with Crippen molar-refractivity contribution in [2.45, 2.75) is 26.2 Å². The summed E-state index contributed by atoms with van der Waals surface area (Å²) in [6.45, 7) is 2.81. The van der Waals surface area contributed by atoms with Crippen LogP contribution in [0.4, 0.5) is 0 Å². The fraction of sp³-hybridized carbons (Fsp3) is 0.429. The van der Waals surface area contributed by atoms with E-state index in [2.05, 4.69) is 16.9 Å². The molecule has 1 atom stereocenters. The number of nitrogens with two attached hydrogens (primary N) is 1. The summed E-state index contributed by atoms with van der Waals surface area (Å²) in [7, 11) is 0. The third-order valence-electron chi connectivity index (χ3n) is 3.69. The Morgan fingerprint density at radius 2 is 2.33 bits per heavy atom. The number of fused-ring (bicyclic) bond motifs is 1. The molecule has 0 saturated heterocycles. The molecule has 4 nitrogen and oxygen atoms in total. The van der Waals surface area contributed by atoms with Crippen molar-refractivity contribution in [1.82, 2.24) is 9.97 Å². The van der Waals surface area contributed by atoms with Gasteiger partial charge in [0, 0.05) is 11.4 Å². The molecule has 1 aliphatic rings. The maximum absolute atomic E-state index is 5.76. The molecule has 3 rings (SSSR count). The van der Waals surface area contributed by atoms with Crippen LogP contribution in [0, 0.1) is 12.8 Å². The molecule has 1 unspecified atom stereocenters. The molecule has 0 aliphatic heterocycles. The number of nitrogens with zero attached hydrogens (tertiary/aromatic N) is 2. The third kappa shape index (κ3) is 1.93. The third-order valence-corrected chi connectivity index (χ3v) is 3.69. The quantitative estimate of drug-likeness (QED) is 0.877. The first kappa shape index (κ1) is 11.4. The van der Waals surface area contributed by atoms with Gasteiger partial charge in [-0.15, -0.1) is 0 Å². The largest absolute Gasteiger partial charge is 0.472 e. The standard InChI is InChI=1S/C14H17N3O/c1-9-12-6-10(7-15)2-3-13(12)17-14(16-9)11-4-5-18-8-11/h4-5,8,10H,2-3,6-7,15H2,1H3. The van der Waals surface area contributed by atoms with Crippen LogP contribution in [0.3, 0.4) is 0 Å². The Labute approximate surface area is 106 Å². The summed E-state index contributed by atoms with van der Waals surface area (Å²) in [5.74, 6) is 1.35. The number of hydrogen-bond acceptors (Lipinski definition) is 4. The van der Waals surface area contributed by atoms with Crippen LogP contribution >= 0.6 is 0 Å². The van der Waals surface area contributed by atoms with Gasteiger partial charge in [-0.25, -0.2) is 9.97 Å². The van der Waals surface area contributed by atoms with Crippen LogP contribution in [0.25, 0.3) is 11.4 Å².